The van der Waals surface area contributed by atoms with Crippen molar-refractivity contribution in [3.05, 3.63) is 101 Å². The normalized spacial score (nSPS) is 26.7. The molecular weight excluding hydrogens is 387 g/mol. The molecule has 3 aliphatic rings. The van der Waals surface area contributed by atoms with Gasteiger partial charge in [-0.1, -0.05) is 66.7 Å². The first-order chi connectivity index (χ1) is 15.2. The van der Waals surface area contributed by atoms with Crippen molar-refractivity contribution in [1.82, 2.24) is 5.01 Å². The molecule has 6 rings (SSSR count). The zero-order valence-electron chi connectivity index (χ0n) is 17.4. The molecule has 0 amide bonds. The van der Waals surface area contributed by atoms with Gasteiger partial charge in [-0.05, 0) is 36.5 Å². The van der Waals surface area contributed by atoms with Crippen LogP contribution >= 0.6 is 0 Å². The second-order valence-corrected chi connectivity index (χ2v) is 8.86. The molecule has 0 unspecified atom stereocenters. The van der Waals surface area contributed by atoms with Crippen LogP contribution in [0.3, 0.4) is 0 Å². The molecule has 156 valence electrons. The van der Waals surface area contributed by atoms with Crippen LogP contribution in [0.25, 0.3) is 0 Å². The van der Waals surface area contributed by atoms with Crippen LogP contribution in [0.4, 0.5) is 4.39 Å². The van der Waals surface area contributed by atoms with Crippen LogP contribution in [-0.4, -0.2) is 16.4 Å². The summed E-state index contributed by atoms with van der Waals surface area (Å²) in [5.41, 5.74) is 3.50. The average Bonchev–Trinajstić information content (AvgIpc) is 3.27. The van der Waals surface area contributed by atoms with Crippen molar-refractivity contribution in [2.24, 2.45) is 5.10 Å². The summed E-state index contributed by atoms with van der Waals surface area (Å²) in [4.78, 5) is 0. The maximum Gasteiger partial charge on any atom is 0.198 e. The van der Waals surface area contributed by atoms with Gasteiger partial charge >= 0.3 is 0 Å². The Morgan fingerprint density at radius 1 is 0.871 bits per heavy atom. The fourth-order valence-corrected chi connectivity index (χ4v) is 5.54. The molecule has 2 aliphatic heterocycles. The van der Waals surface area contributed by atoms with Gasteiger partial charge in [0.1, 0.15) is 11.6 Å². The minimum Gasteiger partial charge on any atom is -0.466 e. The standard InChI is InChI=1S/C27H25FN2O/c28-23-12-6-4-10-21(23)24-18-25-22-11-5-7-13-26(22)31-27(30(25)29-24)16-14-20(15-17-27)19-8-2-1-3-9-19/h1-13,20,25H,14-18H2/t20?,25-,27?/m0/s1. The molecular formula is C27H25FN2O. The number of ether oxygens (including phenoxy) is 1. The summed E-state index contributed by atoms with van der Waals surface area (Å²) in [5.74, 6) is 1.28. The van der Waals surface area contributed by atoms with E-state index < -0.39 is 5.72 Å². The number of para-hydroxylation sites is 1. The van der Waals surface area contributed by atoms with Crippen molar-refractivity contribution in [2.45, 2.75) is 49.8 Å². The first kappa shape index (κ1) is 18.6. The fraction of sp³-hybridized carbons (Fsp3) is 0.296. The Morgan fingerprint density at radius 3 is 2.39 bits per heavy atom. The smallest absolute Gasteiger partial charge is 0.198 e. The Balaban J connectivity index is 1.36. The van der Waals surface area contributed by atoms with E-state index in [9.17, 15) is 4.39 Å². The molecule has 0 aromatic heterocycles. The van der Waals surface area contributed by atoms with Crippen LogP contribution in [0.15, 0.2) is 84.0 Å². The predicted molar refractivity (Wildman–Crippen MR) is 120 cm³/mol. The highest BCUT2D eigenvalue weighted by Gasteiger charge is 2.52. The average molecular weight is 413 g/mol. The second-order valence-electron chi connectivity index (χ2n) is 8.86. The Labute approximate surface area is 182 Å². The lowest BCUT2D eigenvalue weighted by atomic mass is 9.78. The van der Waals surface area contributed by atoms with Crippen LogP contribution in [0.2, 0.25) is 0 Å². The summed E-state index contributed by atoms with van der Waals surface area (Å²) in [7, 11) is 0. The first-order valence-corrected chi connectivity index (χ1v) is 11.2. The number of halogens is 1. The Hall–Kier alpha value is -3.14. The van der Waals surface area contributed by atoms with Crippen LogP contribution in [-0.2, 0) is 0 Å². The number of benzene rings is 3. The van der Waals surface area contributed by atoms with Crippen molar-refractivity contribution < 1.29 is 9.13 Å². The zero-order valence-corrected chi connectivity index (χ0v) is 17.4. The molecule has 0 N–H and O–H groups in total. The third-order valence-corrected chi connectivity index (χ3v) is 7.13. The van der Waals surface area contributed by atoms with Crippen molar-refractivity contribution in [3.8, 4) is 5.75 Å². The molecule has 0 radical (unpaired) electrons. The van der Waals surface area contributed by atoms with E-state index in [1.165, 1.54) is 11.6 Å². The van der Waals surface area contributed by atoms with Gasteiger partial charge in [0, 0.05) is 30.4 Å². The Morgan fingerprint density at radius 2 is 1.58 bits per heavy atom. The molecule has 1 fully saturated rings. The third-order valence-electron chi connectivity index (χ3n) is 7.13. The number of hydrazone groups is 1. The van der Waals surface area contributed by atoms with Crippen LogP contribution in [0.5, 0.6) is 5.75 Å². The van der Waals surface area contributed by atoms with E-state index in [4.69, 9.17) is 9.84 Å². The maximum atomic E-state index is 14.6. The van der Waals surface area contributed by atoms with E-state index in [-0.39, 0.29) is 11.9 Å². The zero-order chi connectivity index (χ0) is 20.8. The summed E-state index contributed by atoms with van der Waals surface area (Å²) >= 11 is 0. The van der Waals surface area contributed by atoms with E-state index >= 15 is 0 Å². The molecule has 1 atom stereocenters. The number of fused-ring (bicyclic) bond motifs is 4. The van der Waals surface area contributed by atoms with Gasteiger partial charge in [0.25, 0.3) is 0 Å². The number of nitrogens with zero attached hydrogens (tertiary/aromatic N) is 2. The molecule has 3 nitrogen and oxygen atoms in total. The minimum absolute atomic E-state index is 0.0906. The minimum atomic E-state index is -0.461. The molecule has 2 heterocycles. The highest BCUT2D eigenvalue weighted by molar-refractivity contribution is 6.02. The lowest BCUT2D eigenvalue weighted by Gasteiger charge is -2.50. The topological polar surface area (TPSA) is 24.8 Å². The van der Waals surface area contributed by atoms with Crippen LogP contribution in [0.1, 0.15) is 60.8 Å². The first-order valence-electron chi connectivity index (χ1n) is 11.2. The fourth-order valence-electron chi connectivity index (χ4n) is 5.54. The summed E-state index contributed by atoms with van der Waals surface area (Å²) in [6, 6.07) is 26.1. The molecule has 0 saturated heterocycles. The van der Waals surface area contributed by atoms with Gasteiger partial charge in [-0.25, -0.2) is 9.40 Å². The molecule has 31 heavy (non-hydrogen) atoms. The number of hydrogen-bond acceptors (Lipinski definition) is 3. The van der Waals surface area contributed by atoms with Crippen LogP contribution in [0, 0.1) is 5.82 Å². The van der Waals surface area contributed by atoms with Gasteiger partial charge in [0.2, 0.25) is 0 Å². The van der Waals surface area contributed by atoms with E-state index in [0.717, 1.165) is 42.7 Å². The van der Waals surface area contributed by atoms with Crippen molar-refractivity contribution >= 4 is 5.71 Å². The van der Waals surface area contributed by atoms with Gasteiger partial charge < -0.3 is 4.74 Å². The van der Waals surface area contributed by atoms with Crippen molar-refractivity contribution in [3.63, 3.8) is 0 Å². The van der Waals surface area contributed by atoms with Gasteiger partial charge in [-0.2, -0.15) is 5.10 Å². The SMILES string of the molecule is Fc1ccccc1C1=NN2[C@@H](C1)c1ccccc1OC21CCC(c2ccccc2)CC1. The molecule has 3 aromatic carbocycles. The monoisotopic (exact) mass is 412 g/mol. The summed E-state index contributed by atoms with van der Waals surface area (Å²) in [6.45, 7) is 0. The van der Waals surface area contributed by atoms with E-state index in [2.05, 4.69) is 47.5 Å². The lowest BCUT2D eigenvalue weighted by Crippen LogP contribution is -2.55. The molecule has 1 aliphatic carbocycles. The lowest BCUT2D eigenvalue weighted by molar-refractivity contribution is -0.142. The van der Waals surface area contributed by atoms with Crippen molar-refractivity contribution in [1.29, 1.82) is 0 Å². The van der Waals surface area contributed by atoms with E-state index in [1.807, 2.05) is 24.3 Å². The van der Waals surface area contributed by atoms with Crippen molar-refractivity contribution in [2.75, 3.05) is 0 Å². The quantitative estimate of drug-likeness (QED) is 0.485. The molecule has 0 bridgehead atoms. The molecule has 4 heteroatoms. The summed E-state index contributed by atoms with van der Waals surface area (Å²) < 4.78 is 21.3. The summed E-state index contributed by atoms with van der Waals surface area (Å²) in [6.07, 6.45) is 4.63. The van der Waals surface area contributed by atoms with Gasteiger partial charge in [-0.15, -0.1) is 0 Å². The molecule has 1 saturated carbocycles. The van der Waals surface area contributed by atoms with E-state index in [0.29, 0.717) is 17.9 Å². The van der Waals surface area contributed by atoms with Gasteiger partial charge in [-0.3, -0.25) is 0 Å². The van der Waals surface area contributed by atoms with Crippen LogP contribution < -0.4 is 4.74 Å². The Kier molecular flexibility index (Phi) is 4.34. The second kappa shape index (κ2) is 7.23. The number of hydrogen-bond donors (Lipinski definition) is 0. The predicted octanol–water partition coefficient (Wildman–Crippen LogP) is 6.42. The number of rotatable bonds is 2. The Bertz CT molecular complexity index is 1130. The van der Waals surface area contributed by atoms with Gasteiger partial charge in [0.05, 0.1) is 11.8 Å². The molecule has 1 spiro atoms. The highest BCUT2D eigenvalue weighted by atomic mass is 19.1. The van der Waals surface area contributed by atoms with Gasteiger partial charge in [0.15, 0.2) is 5.72 Å². The maximum absolute atomic E-state index is 14.6. The summed E-state index contributed by atoms with van der Waals surface area (Å²) in [5, 5.41) is 7.16. The third kappa shape index (κ3) is 3.04. The highest BCUT2D eigenvalue weighted by Crippen LogP contribution is 2.52. The van der Waals surface area contributed by atoms with E-state index in [1.54, 1.807) is 6.07 Å². The molecule has 3 aromatic rings. The largest absolute Gasteiger partial charge is 0.466 e.